The Morgan fingerprint density at radius 2 is 1.23 bits per heavy atom. The maximum absolute atomic E-state index is 12.1. The number of hydrogen-bond acceptors (Lipinski definition) is 10. The SMILES string of the molecule is CCC(=O)OC[C@H]1OC(OC(=O)CC)[C@@H](NC(C)=O)[C@@H](OC(=O)CC)[C@@H]1OC(=O)CC. The second kappa shape index (κ2) is 12.9. The van der Waals surface area contributed by atoms with Gasteiger partial charge in [0.2, 0.25) is 12.2 Å². The molecule has 1 aliphatic heterocycles. The average Bonchev–Trinajstić information content (AvgIpc) is 2.75. The fraction of sp³-hybridized carbons (Fsp3) is 0.750. The van der Waals surface area contributed by atoms with Gasteiger partial charge in [-0.05, 0) is 0 Å². The Balaban J connectivity index is 3.37. The zero-order chi connectivity index (χ0) is 23.6. The van der Waals surface area contributed by atoms with Crippen LogP contribution in [0.3, 0.4) is 0 Å². The van der Waals surface area contributed by atoms with Gasteiger partial charge in [0.15, 0.2) is 12.2 Å². The van der Waals surface area contributed by atoms with Gasteiger partial charge < -0.3 is 29.0 Å². The predicted octanol–water partition coefficient (Wildman–Crippen LogP) is 0.766. The second-order valence-corrected chi connectivity index (χ2v) is 6.77. The molecular weight excluding hydrogens is 414 g/mol. The minimum atomic E-state index is -1.37. The van der Waals surface area contributed by atoms with E-state index in [1.165, 1.54) is 6.92 Å². The third kappa shape index (κ3) is 8.16. The molecule has 1 aliphatic rings. The van der Waals surface area contributed by atoms with Crippen molar-refractivity contribution in [3.05, 3.63) is 0 Å². The smallest absolute Gasteiger partial charge is 0.307 e. The van der Waals surface area contributed by atoms with Crippen molar-refractivity contribution in [2.45, 2.75) is 90.9 Å². The van der Waals surface area contributed by atoms with Gasteiger partial charge in [0, 0.05) is 32.6 Å². The molecule has 0 spiro atoms. The first kappa shape index (κ1) is 26.3. The van der Waals surface area contributed by atoms with Crippen molar-refractivity contribution in [1.29, 1.82) is 0 Å². The molecule has 1 N–H and O–H groups in total. The fourth-order valence-corrected chi connectivity index (χ4v) is 2.77. The molecule has 0 aromatic carbocycles. The van der Waals surface area contributed by atoms with E-state index < -0.39 is 60.4 Å². The molecule has 5 atom stereocenters. The molecular formula is C20H31NO10. The van der Waals surface area contributed by atoms with Crippen LogP contribution in [0.5, 0.6) is 0 Å². The monoisotopic (exact) mass is 445 g/mol. The number of carbonyl (C=O) groups is 5. The van der Waals surface area contributed by atoms with E-state index in [9.17, 15) is 24.0 Å². The highest BCUT2D eigenvalue weighted by Crippen LogP contribution is 2.28. The zero-order valence-electron chi connectivity index (χ0n) is 18.5. The molecule has 176 valence electrons. The van der Waals surface area contributed by atoms with E-state index in [2.05, 4.69) is 5.32 Å². The lowest BCUT2D eigenvalue weighted by molar-refractivity contribution is -0.272. The molecule has 0 aromatic rings. The normalized spacial score (nSPS) is 25.1. The Kier molecular flexibility index (Phi) is 10.9. The summed E-state index contributed by atoms with van der Waals surface area (Å²) in [7, 11) is 0. The van der Waals surface area contributed by atoms with Crippen molar-refractivity contribution in [3.63, 3.8) is 0 Å². The maximum atomic E-state index is 12.1. The van der Waals surface area contributed by atoms with Gasteiger partial charge in [0.25, 0.3) is 0 Å². The van der Waals surface area contributed by atoms with Crippen LogP contribution < -0.4 is 5.32 Å². The van der Waals surface area contributed by atoms with Crippen molar-refractivity contribution >= 4 is 29.8 Å². The summed E-state index contributed by atoms with van der Waals surface area (Å²) in [6.45, 7) is 7.18. The Labute approximate surface area is 181 Å². The van der Waals surface area contributed by atoms with Gasteiger partial charge in [0.05, 0.1) is 0 Å². The number of carbonyl (C=O) groups excluding carboxylic acids is 5. The molecule has 0 aliphatic carbocycles. The number of ether oxygens (including phenoxy) is 5. The van der Waals surface area contributed by atoms with Crippen molar-refractivity contribution < 1.29 is 47.7 Å². The molecule has 0 aromatic heterocycles. The minimum absolute atomic E-state index is 0.00743. The Hall–Kier alpha value is -2.69. The largest absolute Gasteiger partial charge is 0.463 e. The summed E-state index contributed by atoms with van der Waals surface area (Å²) in [6, 6.07) is -1.16. The maximum Gasteiger partial charge on any atom is 0.307 e. The molecule has 1 rings (SSSR count). The minimum Gasteiger partial charge on any atom is -0.463 e. The summed E-state index contributed by atoms with van der Waals surface area (Å²) in [6.07, 6.45) is -4.80. The summed E-state index contributed by atoms with van der Waals surface area (Å²) in [5.41, 5.74) is 0. The quantitative estimate of drug-likeness (QED) is 0.378. The topological polar surface area (TPSA) is 144 Å². The third-order valence-corrected chi connectivity index (χ3v) is 4.36. The third-order valence-electron chi connectivity index (χ3n) is 4.36. The standard InChI is InChI=1S/C20H31NO10/c1-6-13(23)27-10-12-18(29-14(24)7-2)19(30-15(25)8-3)17(21-11(5)22)20(28-12)31-16(26)9-4/h12,17-20H,6-10H2,1-5H3,(H,21,22)/t12-,17+,18-,19-,20?/m1/s1. The summed E-state index contributed by atoms with van der Waals surface area (Å²) < 4.78 is 27.1. The fourth-order valence-electron chi connectivity index (χ4n) is 2.77. The van der Waals surface area contributed by atoms with E-state index in [1.807, 2.05) is 0 Å². The Bertz CT molecular complexity index is 664. The second-order valence-electron chi connectivity index (χ2n) is 6.77. The van der Waals surface area contributed by atoms with Gasteiger partial charge in [-0.3, -0.25) is 24.0 Å². The summed E-state index contributed by atoms with van der Waals surface area (Å²) in [4.78, 5) is 59.5. The van der Waals surface area contributed by atoms with Crippen LogP contribution >= 0.6 is 0 Å². The van der Waals surface area contributed by atoms with Crippen LogP contribution in [0.1, 0.15) is 60.3 Å². The lowest BCUT2D eigenvalue weighted by atomic mass is 9.96. The summed E-state index contributed by atoms with van der Waals surface area (Å²) in [5, 5.41) is 2.54. The molecule has 0 saturated carbocycles. The Morgan fingerprint density at radius 3 is 1.71 bits per heavy atom. The van der Waals surface area contributed by atoms with Crippen LogP contribution in [0, 0.1) is 0 Å². The van der Waals surface area contributed by atoms with Gasteiger partial charge in [-0.25, -0.2) is 0 Å². The van der Waals surface area contributed by atoms with Gasteiger partial charge in [-0.1, -0.05) is 27.7 Å². The first-order valence-electron chi connectivity index (χ1n) is 10.3. The predicted molar refractivity (Wildman–Crippen MR) is 104 cm³/mol. The van der Waals surface area contributed by atoms with Gasteiger partial charge in [-0.15, -0.1) is 0 Å². The summed E-state index contributed by atoms with van der Waals surface area (Å²) >= 11 is 0. The number of esters is 4. The average molecular weight is 445 g/mol. The van der Waals surface area contributed by atoms with Crippen molar-refractivity contribution in [2.75, 3.05) is 6.61 Å². The first-order valence-corrected chi connectivity index (χ1v) is 10.3. The number of amides is 1. The van der Waals surface area contributed by atoms with E-state index in [0.29, 0.717) is 0 Å². The molecule has 11 nitrogen and oxygen atoms in total. The van der Waals surface area contributed by atoms with Gasteiger partial charge in [-0.2, -0.15) is 0 Å². The van der Waals surface area contributed by atoms with Crippen LogP contribution in [-0.4, -0.2) is 67.0 Å². The van der Waals surface area contributed by atoms with Crippen LogP contribution in [0.15, 0.2) is 0 Å². The van der Waals surface area contributed by atoms with E-state index in [1.54, 1.807) is 27.7 Å². The molecule has 1 saturated heterocycles. The highest BCUT2D eigenvalue weighted by Gasteiger charge is 2.52. The lowest BCUT2D eigenvalue weighted by Crippen LogP contribution is -2.67. The molecule has 1 fully saturated rings. The molecule has 0 radical (unpaired) electrons. The molecule has 0 bridgehead atoms. The number of nitrogens with one attached hydrogen (secondary N) is 1. The van der Waals surface area contributed by atoms with Crippen molar-refractivity contribution in [3.8, 4) is 0 Å². The molecule has 31 heavy (non-hydrogen) atoms. The number of hydrogen-bond donors (Lipinski definition) is 1. The van der Waals surface area contributed by atoms with E-state index in [-0.39, 0.29) is 32.3 Å². The zero-order valence-corrected chi connectivity index (χ0v) is 18.5. The highest BCUT2D eigenvalue weighted by molar-refractivity contribution is 5.74. The van der Waals surface area contributed by atoms with E-state index >= 15 is 0 Å². The Morgan fingerprint density at radius 1 is 0.742 bits per heavy atom. The molecule has 11 heteroatoms. The van der Waals surface area contributed by atoms with Crippen LogP contribution in [0.25, 0.3) is 0 Å². The van der Waals surface area contributed by atoms with Crippen LogP contribution in [0.4, 0.5) is 0 Å². The van der Waals surface area contributed by atoms with Gasteiger partial charge >= 0.3 is 23.9 Å². The van der Waals surface area contributed by atoms with Crippen LogP contribution in [-0.2, 0) is 47.7 Å². The van der Waals surface area contributed by atoms with E-state index in [4.69, 9.17) is 23.7 Å². The highest BCUT2D eigenvalue weighted by atomic mass is 16.7. The van der Waals surface area contributed by atoms with E-state index in [0.717, 1.165) is 0 Å². The first-order chi connectivity index (χ1) is 14.7. The molecule has 1 heterocycles. The van der Waals surface area contributed by atoms with Crippen LogP contribution in [0.2, 0.25) is 0 Å². The molecule has 1 amide bonds. The van der Waals surface area contributed by atoms with Gasteiger partial charge in [0.1, 0.15) is 18.8 Å². The summed E-state index contributed by atoms with van der Waals surface area (Å²) in [5.74, 6) is -2.93. The molecule has 1 unspecified atom stereocenters. The lowest BCUT2D eigenvalue weighted by Gasteiger charge is -2.44. The van der Waals surface area contributed by atoms with Crippen molar-refractivity contribution in [1.82, 2.24) is 5.32 Å². The van der Waals surface area contributed by atoms with Crippen molar-refractivity contribution in [2.24, 2.45) is 0 Å². The number of rotatable bonds is 10.